The Morgan fingerprint density at radius 1 is 1.16 bits per heavy atom. The molecular weight excluding hydrogens is 332 g/mol. The van der Waals surface area contributed by atoms with Crippen LogP contribution in [0.25, 0.3) is 11.3 Å². The van der Waals surface area contributed by atoms with Crippen molar-refractivity contribution in [1.82, 2.24) is 9.88 Å². The van der Waals surface area contributed by atoms with Crippen LogP contribution < -0.4 is 0 Å². The molecule has 0 aliphatic carbocycles. The molecule has 1 amide bonds. The zero-order valence-electron chi connectivity index (χ0n) is 14.9. The van der Waals surface area contributed by atoms with Crippen LogP contribution in [0.15, 0.2) is 42.6 Å². The molecule has 1 aliphatic rings. The van der Waals surface area contributed by atoms with Crippen molar-refractivity contribution < 1.29 is 9.53 Å². The van der Waals surface area contributed by atoms with Crippen LogP contribution in [0.4, 0.5) is 0 Å². The second kappa shape index (κ2) is 8.02. The fourth-order valence-electron chi connectivity index (χ4n) is 3.16. The number of ether oxygens (including phenoxy) is 1. The molecule has 1 saturated heterocycles. The highest BCUT2D eigenvalue weighted by atomic mass is 32.2. The van der Waals surface area contributed by atoms with Crippen LogP contribution in [-0.4, -0.2) is 47.3 Å². The van der Waals surface area contributed by atoms with E-state index in [-0.39, 0.29) is 18.1 Å². The predicted octanol–water partition coefficient (Wildman–Crippen LogP) is 3.86. The van der Waals surface area contributed by atoms with E-state index in [9.17, 15) is 4.79 Å². The van der Waals surface area contributed by atoms with Crippen molar-refractivity contribution in [3.05, 3.63) is 53.7 Å². The van der Waals surface area contributed by atoms with Gasteiger partial charge < -0.3 is 9.64 Å². The average Bonchev–Trinajstić information content (AvgIpc) is 2.61. The van der Waals surface area contributed by atoms with Crippen molar-refractivity contribution in [3.63, 3.8) is 0 Å². The van der Waals surface area contributed by atoms with E-state index in [0.29, 0.717) is 18.7 Å². The number of carbonyl (C=O) groups excluding carboxylic acids is 1. The lowest BCUT2D eigenvalue weighted by molar-refractivity contribution is -0.0586. The van der Waals surface area contributed by atoms with E-state index >= 15 is 0 Å². The van der Waals surface area contributed by atoms with Gasteiger partial charge in [-0.25, -0.2) is 0 Å². The molecule has 0 spiro atoms. The van der Waals surface area contributed by atoms with Gasteiger partial charge in [0.05, 0.1) is 17.9 Å². The molecule has 1 aromatic carbocycles. The Morgan fingerprint density at radius 2 is 1.84 bits per heavy atom. The summed E-state index contributed by atoms with van der Waals surface area (Å²) in [6.45, 7) is 5.30. The average molecular weight is 356 g/mol. The highest BCUT2D eigenvalue weighted by molar-refractivity contribution is 7.97. The summed E-state index contributed by atoms with van der Waals surface area (Å²) in [6.07, 6.45) is 4.16. The molecule has 1 aliphatic heterocycles. The Labute approximate surface area is 153 Å². The number of hydrogen-bond acceptors (Lipinski definition) is 4. The van der Waals surface area contributed by atoms with Crippen LogP contribution in [0.5, 0.6) is 0 Å². The number of benzene rings is 1. The topological polar surface area (TPSA) is 42.4 Å². The molecule has 1 aromatic heterocycles. The lowest BCUT2D eigenvalue weighted by Gasteiger charge is -2.35. The third-order valence-electron chi connectivity index (χ3n) is 4.27. The normalized spacial score (nSPS) is 20.5. The van der Waals surface area contributed by atoms with E-state index in [0.717, 1.165) is 17.0 Å². The van der Waals surface area contributed by atoms with Crippen molar-refractivity contribution in [2.24, 2.45) is 0 Å². The van der Waals surface area contributed by atoms with Gasteiger partial charge in [-0.1, -0.05) is 18.2 Å². The first kappa shape index (κ1) is 18.0. The molecule has 2 atom stereocenters. The van der Waals surface area contributed by atoms with E-state index in [4.69, 9.17) is 4.74 Å². The summed E-state index contributed by atoms with van der Waals surface area (Å²) < 4.78 is 5.70. The minimum atomic E-state index is 0.0665. The maximum atomic E-state index is 12.7. The number of thioether (sulfide) groups is 1. The summed E-state index contributed by atoms with van der Waals surface area (Å²) in [5, 5.41) is 0. The van der Waals surface area contributed by atoms with Crippen LogP contribution in [0.2, 0.25) is 0 Å². The molecule has 3 rings (SSSR count). The lowest BCUT2D eigenvalue weighted by Crippen LogP contribution is -2.48. The van der Waals surface area contributed by atoms with Crippen molar-refractivity contribution in [2.45, 2.75) is 31.8 Å². The first-order valence-corrected chi connectivity index (χ1v) is 9.95. The van der Waals surface area contributed by atoms with Crippen LogP contribution in [0.3, 0.4) is 0 Å². The largest absolute Gasteiger partial charge is 0.372 e. The molecular formula is C20H24N2O2S. The van der Waals surface area contributed by atoms with Gasteiger partial charge in [-0.05, 0) is 43.9 Å². The molecule has 5 heteroatoms. The smallest absolute Gasteiger partial charge is 0.254 e. The molecule has 0 N–H and O–H groups in total. The first-order chi connectivity index (χ1) is 12.1. The Morgan fingerprint density at radius 3 is 2.40 bits per heavy atom. The molecule has 132 valence electrons. The van der Waals surface area contributed by atoms with Gasteiger partial charge in [-0.2, -0.15) is 11.8 Å². The minimum absolute atomic E-state index is 0.0665. The lowest BCUT2D eigenvalue weighted by atomic mass is 10.1. The Hall–Kier alpha value is -1.85. The molecule has 1 fully saturated rings. The summed E-state index contributed by atoms with van der Waals surface area (Å²) in [5.74, 6) is 1.04. The molecule has 4 nitrogen and oxygen atoms in total. The van der Waals surface area contributed by atoms with Gasteiger partial charge in [-0.3, -0.25) is 9.78 Å². The Balaban J connectivity index is 1.72. The standard InChI is InChI=1S/C20H24N2O2S/c1-14-11-22(12-15(2)24-14)20(23)18-7-5-17(6-8-18)19-9-4-16(10-21-19)13-25-3/h4-10,14-15H,11-13H2,1-3H3/t14-,15+. The summed E-state index contributed by atoms with van der Waals surface area (Å²) in [6, 6.07) is 11.9. The third-order valence-corrected chi connectivity index (χ3v) is 4.89. The molecule has 25 heavy (non-hydrogen) atoms. The van der Waals surface area contributed by atoms with Crippen LogP contribution in [-0.2, 0) is 10.5 Å². The Kier molecular flexibility index (Phi) is 5.76. The minimum Gasteiger partial charge on any atom is -0.372 e. The second-order valence-electron chi connectivity index (χ2n) is 6.53. The molecule has 0 radical (unpaired) electrons. The van der Waals surface area contributed by atoms with Gasteiger partial charge in [0.2, 0.25) is 0 Å². The zero-order chi connectivity index (χ0) is 17.8. The van der Waals surface area contributed by atoms with Gasteiger partial charge in [0.15, 0.2) is 0 Å². The van der Waals surface area contributed by atoms with Crippen LogP contribution in [0, 0.1) is 0 Å². The van der Waals surface area contributed by atoms with E-state index < -0.39 is 0 Å². The maximum absolute atomic E-state index is 12.7. The number of rotatable bonds is 4. The highest BCUT2D eigenvalue weighted by Gasteiger charge is 2.26. The summed E-state index contributed by atoms with van der Waals surface area (Å²) in [5.41, 5.74) is 3.89. The Bertz CT molecular complexity index is 705. The van der Waals surface area contributed by atoms with Gasteiger partial charge in [0, 0.05) is 36.2 Å². The highest BCUT2D eigenvalue weighted by Crippen LogP contribution is 2.20. The molecule has 0 unspecified atom stereocenters. The second-order valence-corrected chi connectivity index (χ2v) is 7.40. The summed E-state index contributed by atoms with van der Waals surface area (Å²) >= 11 is 1.78. The van der Waals surface area contributed by atoms with Crippen molar-refractivity contribution in [2.75, 3.05) is 19.3 Å². The number of hydrogen-bond donors (Lipinski definition) is 0. The van der Waals surface area contributed by atoms with E-state index in [1.165, 1.54) is 5.56 Å². The number of carbonyl (C=O) groups is 1. The number of morpholine rings is 1. The zero-order valence-corrected chi connectivity index (χ0v) is 15.8. The van der Waals surface area contributed by atoms with Crippen LogP contribution in [0.1, 0.15) is 29.8 Å². The number of pyridine rings is 1. The molecule has 2 heterocycles. The molecule has 0 saturated carbocycles. The van der Waals surface area contributed by atoms with Gasteiger partial charge in [0.25, 0.3) is 5.91 Å². The fraction of sp³-hybridized carbons (Fsp3) is 0.400. The van der Waals surface area contributed by atoms with Gasteiger partial charge in [0.1, 0.15) is 0 Å². The first-order valence-electron chi connectivity index (χ1n) is 8.56. The number of nitrogens with zero attached hydrogens (tertiary/aromatic N) is 2. The van der Waals surface area contributed by atoms with Gasteiger partial charge >= 0.3 is 0 Å². The van der Waals surface area contributed by atoms with E-state index in [1.54, 1.807) is 11.8 Å². The third kappa shape index (κ3) is 4.41. The van der Waals surface area contributed by atoms with Crippen molar-refractivity contribution in [3.8, 4) is 11.3 Å². The fourth-order valence-corrected chi connectivity index (χ4v) is 3.66. The van der Waals surface area contributed by atoms with E-state index in [2.05, 4.69) is 17.3 Å². The monoisotopic (exact) mass is 356 g/mol. The number of aromatic nitrogens is 1. The quantitative estimate of drug-likeness (QED) is 0.834. The van der Waals surface area contributed by atoms with Gasteiger partial charge in [-0.15, -0.1) is 0 Å². The number of amides is 1. The van der Waals surface area contributed by atoms with E-state index in [1.807, 2.05) is 55.3 Å². The maximum Gasteiger partial charge on any atom is 0.254 e. The molecule has 2 aromatic rings. The summed E-state index contributed by atoms with van der Waals surface area (Å²) in [4.78, 5) is 19.1. The summed E-state index contributed by atoms with van der Waals surface area (Å²) in [7, 11) is 0. The van der Waals surface area contributed by atoms with Crippen molar-refractivity contribution in [1.29, 1.82) is 0 Å². The molecule has 0 bridgehead atoms. The SMILES string of the molecule is CSCc1ccc(-c2ccc(C(=O)N3C[C@@H](C)O[C@@H](C)C3)cc2)nc1. The van der Waals surface area contributed by atoms with Crippen LogP contribution >= 0.6 is 11.8 Å². The van der Waals surface area contributed by atoms with Crippen molar-refractivity contribution >= 4 is 17.7 Å². The predicted molar refractivity (Wildman–Crippen MR) is 103 cm³/mol.